The van der Waals surface area contributed by atoms with Gasteiger partial charge in [0.25, 0.3) is 5.91 Å². The number of benzene rings is 3. The molecule has 4 rings (SSSR count). The van der Waals surface area contributed by atoms with E-state index in [1.165, 1.54) is 19.3 Å². The van der Waals surface area contributed by atoms with Crippen molar-refractivity contribution in [2.24, 2.45) is 0 Å². The number of carbonyl (C=O) groups excluding carboxylic acids is 2. The molecule has 0 aliphatic carbocycles. The van der Waals surface area contributed by atoms with Crippen LogP contribution in [0.15, 0.2) is 66.7 Å². The number of aldehydes is 1. The molecule has 9 heteroatoms. The van der Waals surface area contributed by atoms with Gasteiger partial charge in [0.2, 0.25) is 0 Å². The van der Waals surface area contributed by atoms with Crippen LogP contribution in [0.2, 0.25) is 5.02 Å². The lowest BCUT2D eigenvalue weighted by Gasteiger charge is -2.17. The third kappa shape index (κ3) is 12.9. The number of rotatable bonds is 7. The zero-order chi connectivity index (χ0) is 30.6. The predicted octanol–water partition coefficient (Wildman–Crippen LogP) is 7.77. The number of carbonyl (C=O) groups is 2. The summed E-state index contributed by atoms with van der Waals surface area (Å²) in [5.74, 6) is 0.516. The summed E-state index contributed by atoms with van der Waals surface area (Å²) in [6.45, 7) is 7.10. The fraction of sp³-hybridized carbons (Fsp3) is 0.375. The summed E-state index contributed by atoms with van der Waals surface area (Å²) in [4.78, 5) is 22.6. The van der Waals surface area contributed by atoms with Crippen LogP contribution in [0.5, 0.6) is 0 Å². The van der Waals surface area contributed by atoms with Crippen LogP contribution in [0.3, 0.4) is 0 Å². The monoisotopic (exact) mass is 601 g/mol. The number of nitrogens with one attached hydrogen (secondary N) is 2. The molecule has 1 heterocycles. The molecule has 0 bridgehead atoms. The van der Waals surface area contributed by atoms with Crippen molar-refractivity contribution in [2.75, 3.05) is 48.5 Å². The second-order valence-corrected chi connectivity index (χ2v) is 11.1. The fourth-order valence-corrected chi connectivity index (χ4v) is 5.22. The standard InChI is InChI=1S/C18H20ClN3O2S.C7H6O.C5H12.C2H6O/c1-12-10-14(22-8-3-9-25(22)24)5-6-15(12)18(23)21-13-4-7-16(19)17(11-13)20-2;8-6-7-4-2-1-3-5-7;1-3-5-4-2;1-3-2/h4-7,10-11,20H,3,8-9H2,1-2H3,(H,21,23);1-6H;3-5H2,1-2H3;1-2H3. The summed E-state index contributed by atoms with van der Waals surface area (Å²) in [7, 11) is 4.06. The maximum atomic E-state index is 12.6. The van der Waals surface area contributed by atoms with Crippen molar-refractivity contribution in [3.8, 4) is 0 Å². The molecule has 1 aliphatic heterocycles. The third-order valence-corrected chi connectivity index (χ3v) is 7.66. The Balaban J connectivity index is 0.000000429. The van der Waals surface area contributed by atoms with E-state index in [0.717, 1.165) is 41.8 Å². The topological polar surface area (TPSA) is 87.7 Å². The molecule has 0 spiro atoms. The predicted molar refractivity (Wildman–Crippen MR) is 175 cm³/mol. The van der Waals surface area contributed by atoms with Crippen molar-refractivity contribution in [1.82, 2.24) is 0 Å². The van der Waals surface area contributed by atoms with Gasteiger partial charge in [-0.3, -0.25) is 13.9 Å². The van der Waals surface area contributed by atoms with Crippen LogP contribution in [0, 0.1) is 6.92 Å². The maximum Gasteiger partial charge on any atom is 0.255 e. The molecule has 1 amide bonds. The van der Waals surface area contributed by atoms with Crippen LogP contribution in [-0.4, -0.2) is 50.0 Å². The lowest BCUT2D eigenvalue weighted by atomic mass is 10.1. The first-order chi connectivity index (χ1) is 19.8. The molecule has 1 fully saturated rings. The highest BCUT2D eigenvalue weighted by molar-refractivity contribution is 7.86. The molecular formula is C32H44ClN3O4S. The minimum Gasteiger partial charge on any atom is -0.388 e. The van der Waals surface area contributed by atoms with E-state index < -0.39 is 11.0 Å². The number of hydrogen-bond donors (Lipinski definition) is 2. The highest BCUT2D eigenvalue weighted by Gasteiger charge is 2.21. The SMILES string of the molecule is CCCCC.CNc1cc(NC(=O)c2ccc(N3CCCS3=O)cc2C)ccc1Cl.COC.O=Cc1ccccc1. The van der Waals surface area contributed by atoms with Crippen LogP contribution in [0.25, 0.3) is 0 Å². The summed E-state index contributed by atoms with van der Waals surface area (Å²) in [5.41, 5.74) is 4.49. The molecule has 0 aromatic heterocycles. The molecular weight excluding hydrogens is 558 g/mol. The molecule has 1 aliphatic rings. The van der Waals surface area contributed by atoms with Crippen molar-refractivity contribution in [2.45, 2.75) is 46.5 Å². The maximum absolute atomic E-state index is 12.6. The summed E-state index contributed by atoms with van der Waals surface area (Å²) < 4.78 is 18.1. The number of anilines is 3. The molecule has 1 atom stereocenters. The summed E-state index contributed by atoms with van der Waals surface area (Å²) in [6, 6.07) is 19.9. The summed E-state index contributed by atoms with van der Waals surface area (Å²) in [6.07, 6.45) is 5.84. The van der Waals surface area contributed by atoms with Gasteiger partial charge < -0.3 is 15.4 Å². The molecule has 0 radical (unpaired) electrons. The van der Waals surface area contributed by atoms with Gasteiger partial charge in [-0.15, -0.1) is 0 Å². The van der Waals surface area contributed by atoms with Crippen molar-refractivity contribution < 1.29 is 18.5 Å². The zero-order valence-electron chi connectivity index (χ0n) is 25.0. The van der Waals surface area contributed by atoms with Gasteiger partial charge in [0, 0.05) is 56.1 Å². The normalized spacial score (nSPS) is 13.3. The van der Waals surface area contributed by atoms with E-state index in [4.69, 9.17) is 11.6 Å². The van der Waals surface area contributed by atoms with Gasteiger partial charge in [-0.2, -0.15) is 0 Å². The number of amides is 1. The van der Waals surface area contributed by atoms with Gasteiger partial charge in [0.05, 0.1) is 10.7 Å². The van der Waals surface area contributed by atoms with E-state index >= 15 is 0 Å². The van der Waals surface area contributed by atoms with Crippen LogP contribution in [0.4, 0.5) is 17.1 Å². The summed E-state index contributed by atoms with van der Waals surface area (Å²) in [5, 5.41) is 6.47. The average molecular weight is 602 g/mol. The molecule has 3 aromatic carbocycles. The first-order valence-corrected chi connectivity index (χ1v) is 15.4. The fourth-order valence-electron chi connectivity index (χ4n) is 3.73. The van der Waals surface area contributed by atoms with E-state index in [9.17, 15) is 13.8 Å². The number of aryl methyl sites for hydroxylation is 1. The van der Waals surface area contributed by atoms with Crippen molar-refractivity contribution in [1.29, 1.82) is 0 Å². The largest absolute Gasteiger partial charge is 0.388 e. The number of unbranched alkanes of at least 4 members (excludes halogenated alkanes) is 2. The Morgan fingerprint density at radius 3 is 2.17 bits per heavy atom. The van der Waals surface area contributed by atoms with Gasteiger partial charge in [-0.05, 0) is 55.3 Å². The van der Waals surface area contributed by atoms with Gasteiger partial charge in [-0.1, -0.05) is 75.0 Å². The number of nitrogens with zero attached hydrogens (tertiary/aromatic N) is 1. The molecule has 1 unspecified atom stereocenters. The van der Waals surface area contributed by atoms with Gasteiger partial charge in [0.15, 0.2) is 0 Å². The van der Waals surface area contributed by atoms with Crippen LogP contribution < -0.4 is 14.9 Å². The Morgan fingerprint density at radius 1 is 1.05 bits per heavy atom. The third-order valence-electron chi connectivity index (χ3n) is 5.80. The lowest BCUT2D eigenvalue weighted by molar-refractivity contribution is 0.102. The van der Waals surface area contributed by atoms with Crippen LogP contribution in [-0.2, 0) is 15.7 Å². The van der Waals surface area contributed by atoms with Crippen molar-refractivity contribution in [3.05, 3.63) is 88.4 Å². The molecule has 0 saturated carbocycles. The second-order valence-electron chi connectivity index (χ2n) is 9.17. The van der Waals surface area contributed by atoms with E-state index in [1.807, 2.05) is 41.6 Å². The van der Waals surface area contributed by atoms with Crippen molar-refractivity contribution in [3.63, 3.8) is 0 Å². The molecule has 224 valence electrons. The van der Waals surface area contributed by atoms with E-state index in [1.54, 1.807) is 57.7 Å². The Hall–Kier alpha value is -3.20. The number of methoxy groups -OCH3 is 1. The quantitative estimate of drug-likeness (QED) is 0.270. The molecule has 41 heavy (non-hydrogen) atoms. The van der Waals surface area contributed by atoms with Gasteiger partial charge in [0.1, 0.15) is 17.3 Å². The molecule has 1 saturated heterocycles. The Morgan fingerprint density at radius 2 is 1.71 bits per heavy atom. The van der Waals surface area contributed by atoms with Crippen molar-refractivity contribution >= 4 is 51.8 Å². The highest BCUT2D eigenvalue weighted by atomic mass is 35.5. The molecule has 7 nitrogen and oxygen atoms in total. The number of hydrogen-bond acceptors (Lipinski definition) is 5. The minimum absolute atomic E-state index is 0.184. The first-order valence-electron chi connectivity index (χ1n) is 13.7. The first kappa shape index (κ1) is 35.8. The zero-order valence-corrected chi connectivity index (χ0v) is 26.6. The smallest absolute Gasteiger partial charge is 0.255 e. The lowest BCUT2D eigenvalue weighted by Crippen LogP contribution is -2.20. The van der Waals surface area contributed by atoms with E-state index in [0.29, 0.717) is 22.0 Å². The van der Waals surface area contributed by atoms with Gasteiger partial charge >= 0.3 is 0 Å². The number of halogens is 1. The van der Waals surface area contributed by atoms with E-state index in [-0.39, 0.29) is 5.91 Å². The van der Waals surface area contributed by atoms with Crippen LogP contribution >= 0.6 is 11.6 Å². The average Bonchev–Trinajstić information content (AvgIpc) is 3.41. The van der Waals surface area contributed by atoms with Gasteiger partial charge in [-0.25, -0.2) is 4.21 Å². The summed E-state index contributed by atoms with van der Waals surface area (Å²) >= 11 is 6.06. The van der Waals surface area contributed by atoms with Crippen LogP contribution in [0.1, 0.15) is 65.8 Å². The Labute approximate surface area is 253 Å². The minimum atomic E-state index is -0.961. The van der Waals surface area contributed by atoms with E-state index in [2.05, 4.69) is 29.2 Å². The Kier molecular flexibility index (Phi) is 18.0. The second kappa shape index (κ2) is 20.6. The molecule has 2 N–H and O–H groups in total. The number of ether oxygens (including phenoxy) is 1. The Bertz CT molecular complexity index is 1220. The highest BCUT2D eigenvalue weighted by Crippen LogP contribution is 2.27. The molecule has 3 aromatic rings.